The smallest absolute Gasteiger partial charge is 0.223 e. The summed E-state index contributed by atoms with van der Waals surface area (Å²) in [5.41, 5.74) is 5.24. The molecule has 2 N–H and O–H groups in total. The van der Waals surface area contributed by atoms with Crippen molar-refractivity contribution >= 4 is 5.91 Å². The SMILES string of the molecule is CC1CCCCC(C)(C(N)=O)CCC1. The molecular weight excluding hydrogens is 174 g/mol. The van der Waals surface area contributed by atoms with Crippen LogP contribution in [0.4, 0.5) is 0 Å². The molecule has 1 fully saturated rings. The number of hydrogen-bond acceptors (Lipinski definition) is 1. The molecule has 1 aliphatic carbocycles. The molecule has 2 heteroatoms. The van der Waals surface area contributed by atoms with Gasteiger partial charge in [-0.3, -0.25) is 4.79 Å². The summed E-state index contributed by atoms with van der Waals surface area (Å²) in [6, 6.07) is 0. The highest BCUT2D eigenvalue weighted by atomic mass is 16.1. The number of amides is 1. The number of hydrogen-bond donors (Lipinski definition) is 1. The van der Waals surface area contributed by atoms with E-state index < -0.39 is 0 Å². The van der Waals surface area contributed by atoms with E-state index in [1.54, 1.807) is 0 Å². The van der Waals surface area contributed by atoms with Crippen LogP contribution in [0, 0.1) is 11.3 Å². The van der Waals surface area contributed by atoms with Gasteiger partial charge in [0.25, 0.3) is 0 Å². The molecule has 1 amide bonds. The van der Waals surface area contributed by atoms with Gasteiger partial charge in [-0.2, -0.15) is 0 Å². The summed E-state index contributed by atoms with van der Waals surface area (Å²) >= 11 is 0. The van der Waals surface area contributed by atoms with E-state index >= 15 is 0 Å². The van der Waals surface area contributed by atoms with E-state index in [1.807, 2.05) is 6.92 Å². The van der Waals surface area contributed by atoms with Crippen LogP contribution in [-0.2, 0) is 4.79 Å². The van der Waals surface area contributed by atoms with Gasteiger partial charge in [0.15, 0.2) is 0 Å². The quantitative estimate of drug-likeness (QED) is 0.690. The van der Waals surface area contributed by atoms with Gasteiger partial charge >= 0.3 is 0 Å². The van der Waals surface area contributed by atoms with E-state index in [-0.39, 0.29) is 11.3 Å². The minimum absolute atomic E-state index is 0.105. The van der Waals surface area contributed by atoms with E-state index in [2.05, 4.69) is 6.92 Å². The van der Waals surface area contributed by atoms with Crippen molar-refractivity contribution in [3.63, 3.8) is 0 Å². The lowest BCUT2D eigenvalue weighted by Gasteiger charge is -2.25. The topological polar surface area (TPSA) is 43.1 Å². The molecule has 0 radical (unpaired) electrons. The predicted octanol–water partition coefficient (Wildman–Crippen LogP) is 2.86. The third-order valence-corrected chi connectivity index (χ3v) is 3.70. The van der Waals surface area contributed by atoms with E-state index in [0.29, 0.717) is 0 Å². The Hall–Kier alpha value is -0.530. The first-order valence-corrected chi connectivity index (χ1v) is 5.84. The summed E-state index contributed by atoms with van der Waals surface area (Å²) in [4.78, 5) is 11.4. The van der Waals surface area contributed by atoms with E-state index in [1.165, 1.54) is 19.3 Å². The number of nitrogens with two attached hydrogens (primary N) is 1. The molecule has 2 atom stereocenters. The van der Waals surface area contributed by atoms with E-state index in [4.69, 9.17) is 5.73 Å². The monoisotopic (exact) mass is 197 g/mol. The molecule has 82 valence electrons. The van der Waals surface area contributed by atoms with Crippen molar-refractivity contribution in [1.29, 1.82) is 0 Å². The minimum atomic E-state index is -0.232. The summed E-state index contributed by atoms with van der Waals surface area (Å²) in [7, 11) is 0. The first-order valence-electron chi connectivity index (χ1n) is 5.84. The number of rotatable bonds is 1. The van der Waals surface area contributed by atoms with Crippen LogP contribution in [-0.4, -0.2) is 5.91 Å². The van der Waals surface area contributed by atoms with Gasteiger partial charge in [-0.1, -0.05) is 46.0 Å². The zero-order valence-corrected chi connectivity index (χ0v) is 9.51. The fourth-order valence-electron chi connectivity index (χ4n) is 2.36. The predicted molar refractivity (Wildman–Crippen MR) is 58.8 cm³/mol. The van der Waals surface area contributed by atoms with Crippen molar-refractivity contribution in [1.82, 2.24) is 0 Å². The van der Waals surface area contributed by atoms with Crippen molar-refractivity contribution in [2.45, 2.75) is 58.8 Å². The molecule has 0 aliphatic heterocycles. The molecular formula is C12H23NO. The molecule has 0 aromatic heterocycles. The van der Waals surface area contributed by atoms with Crippen LogP contribution in [0.15, 0.2) is 0 Å². The van der Waals surface area contributed by atoms with Gasteiger partial charge in [0.1, 0.15) is 0 Å². The van der Waals surface area contributed by atoms with Crippen LogP contribution < -0.4 is 5.73 Å². The van der Waals surface area contributed by atoms with Crippen molar-refractivity contribution in [2.75, 3.05) is 0 Å². The lowest BCUT2D eigenvalue weighted by atomic mass is 9.80. The number of primary amides is 1. The molecule has 0 aromatic carbocycles. The van der Waals surface area contributed by atoms with E-state index in [0.717, 1.165) is 31.6 Å². The minimum Gasteiger partial charge on any atom is -0.369 e. The van der Waals surface area contributed by atoms with Gasteiger partial charge in [0.05, 0.1) is 0 Å². The molecule has 1 saturated carbocycles. The first kappa shape index (κ1) is 11.5. The van der Waals surface area contributed by atoms with Crippen molar-refractivity contribution in [3.8, 4) is 0 Å². The highest BCUT2D eigenvalue weighted by molar-refractivity contribution is 5.80. The van der Waals surface area contributed by atoms with Crippen LogP contribution >= 0.6 is 0 Å². The van der Waals surface area contributed by atoms with Crippen LogP contribution in [0.2, 0.25) is 0 Å². The molecule has 1 rings (SSSR count). The van der Waals surface area contributed by atoms with Crippen LogP contribution in [0.1, 0.15) is 58.8 Å². The third kappa shape index (κ3) is 3.00. The average molecular weight is 197 g/mol. The summed E-state index contributed by atoms with van der Waals surface area (Å²) in [6.45, 7) is 4.35. The highest BCUT2D eigenvalue weighted by Gasteiger charge is 2.30. The molecule has 2 nitrogen and oxygen atoms in total. The number of carbonyl (C=O) groups is 1. The molecule has 2 unspecified atom stereocenters. The van der Waals surface area contributed by atoms with Gasteiger partial charge in [-0.05, 0) is 18.8 Å². The second-order valence-corrected chi connectivity index (χ2v) is 5.17. The fourth-order valence-corrected chi connectivity index (χ4v) is 2.36. The van der Waals surface area contributed by atoms with Crippen molar-refractivity contribution in [2.24, 2.45) is 17.1 Å². The Morgan fingerprint density at radius 3 is 2.43 bits per heavy atom. The van der Waals surface area contributed by atoms with Crippen LogP contribution in [0.5, 0.6) is 0 Å². The summed E-state index contributed by atoms with van der Waals surface area (Å²) < 4.78 is 0. The van der Waals surface area contributed by atoms with Crippen molar-refractivity contribution < 1.29 is 4.79 Å². The highest BCUT2D eigenvalue weighted by Crippen LogP contribution is 2.33. The second-order valence-electron chi connectivity index (χ2n) is 5.17. The summed E-state index contributed by atoms with van der Waals surface area (Å²) in [6.07, 6.45) is 8.09. The summed E-state index contributed by atoms with van der Waals surface area (Å²) in [5, 5.41) is 0. The fraction of sp³-hybridized carbons (Fsp3) is 0.917. The maximum atomic E-state index is 11.4. The third-order valence-electron chi connectivity index (χ3n) is 3.70. The second kappa shape index (κ2) is 4.81. The van der Waals surface area contributed by atoms with Crippen LogP contribution in [0.3, 0.4) is 0 Å². The lowest BCUT2D eigenvalue weighted by Crippen LogP contribution is -2.34. The Balaban J connectivity index is 2.57. The first-order chi connectivity index (χ1) is 6.54. The zero-order valence-electron chi connectivity index (χ0n) is 9.51. The maximum Gasteiger partial charge on any atom is 0.223 e. The van der Waals surface area contributed by atoms with Crippen LogP contribution in [0.25, 0.3) is 0 Å². The molecule has 0 bridgehead atoms. The van der Waals surface area contributed by atoms with Crippen molar-refractivity contribution in [3.05, 3.63) is 0 Å². The Morgan fingerprint density at radius 1 is 1.21 bits per heavy atom. The molecule has 0 aromatic rings. The van der Waals surface area contributed by atoms with Gasteiger partial charge in [0.2, 0.25) is 5.91 Å². The number of carbonyl (C=O) groups excluding carboxylic acids is 1. The van der Waals surface area contributed by atoms with Gasteiger partial charge < -0.3 is 5.73 Å². The van der Waals surface area contributed by atoms with Gasteiger partial charge in [-0.25, -0.2) is 0 Å². The normalized spacial score (nSPS) is 35.4. The Kier molecular flexibility index (Phi) is 3.97. The zero-order chi connectivity index (χ0) is 10.6. The standard InChI is InChI=1S/C12H23NO/c1-10-6-3-4-8-12(2,11(13)14)9-5-7-10/h10H,3-9H2,1-2H3,(H2,13,14). The molecule has 0 saturated heterocycles. The maximum absolute atomic E-state index is 11.4. The van der Waals surface area contributed by atoms with Gasteiger partial charge in [0, 0.05) is 5.41 Å². The Bertz CT molecular complexity index is 202. The molecule has 14 heavy (non-hydrogen) atoms. The van der Waals surface area contributed by atoms with E-state index in [9.17, 15) is 4.79 Å². The Morgan fingerprint density at radius 2 is 1.79 bits per heavy atom. The molecule has 0 heterocycles. The average Bonchev–Trinajstić information content (AvgIpc) is 2.18. The molecule has 1 aliphatic rings. The van der Waals surface area contributed by atoms with Gasteiger partial charge in [-0.15, -0.1) is 0 Å². The lowest BCUT2D eigenvalue weighted by molar-refractivity contribution is -0.127. The largest absolute Gasteiger partial charge is 0.369 e. The molecule has 0 spiro atoms. The Labute approximate surface area is 87.2 Å². The summed E-state index contributed by atoms with van der Waals surface area (Å²) in [5.74, 6) is 0.720.